The van der Waals surface area contributed by atoms with E-state index in [4.69, 9.17) is 0 Å². The fraction of sp³-hybridized carbons (Fsp3) is 0.185. The van der Waals surface area contributed by atoms with Crippen LogP contribution in [-0.4, -0.2) is 42.2 Å². The van der Waals surface area contributed by atoms with Gasteiger partial charge in [0.2, 0.25) is 15.8 Å². The van der Waals surface area contributed by atoms with Crippen molar-refractivity contribution >= 4 is 33.2 Å². The zero-order chi connectivity index (χ0) is 24.6. The summed E-state index contributed by atoms with van der Waals surface area (Å²) in [6.07, 6.45) is 5.28. The van der Waals surface area contributed by atoms with Crippen molar-refractivity contribution in [3.05, 3.63) is 101 Å². The van der Waals surface area contributed by atoms with Crippen LogP contribution in [0.1, 0.15) is 40.0 Å². The van der Waals surface area contributed by atoms with Gasteiger partial charge in [-0.05, 0) is 86.0 Å². The normalized spacial score (nSPS) is 14.8. The molecule has 0 aliphatic carbocycles. The number of pyridine rings is 1. The third kappa shape index (κ3) is 4.31. The standard InChI is InChI=1S/C27H24FN3O3S/c1-19-24(18-29-22-11-13-23(14-12-22)35(33,34)30-15-4-5-16-30)25-6-2-3-17-31(25)26(19)27(32)20-7-9-21(28)10-8-20/h2-3,6-14,17-18H,4-5,15-16H2,1H3. The summed E-state index contributed by atoms with van der Waals surface area (Å²) in [5.74, 6) is -0.606. The molecular weight excluding hydrogens is 465 g/mol. The van der Waals surface area contributed by atoms with E-state index in [1.165, 1.54) is 28.6 Å². The van der Waals surface area contributed by atoms with Crippen LogP contribution in [0, 0.1) is 12.7 Å². The van der Waals surface area contributed by atoms with Crippen molar-refractivity contribution in [1.82, 2.24) is 8.71 Å². The van der Waals surface area contributed by atoms with E-state index in [0.717, 1.165) is 29.5 Å². The number of hydrogen-bond acceptors (Lipinski definition) is 4. The predicted molar refractivity (Wildman–Crippen MR) is 134 cm³/mol. The summed E-state index contributed by atoms with van der Waals surface area (Å²) in [4.78, 5) is 18.1. The molecule has 35 heavy (non-hydrogen) atoms. The largest absolute Gasteiger partial charge is 0.313 e. The van der Waals surface area contributed by atoms with E-state index in [2.05, 4.69) is 4.99 Å². The molecule has 4 aromatic rings. The second-order valence-electron chi connectivity index (χ2n) is 8.54. The van der Waals surface area contributed by atoms with Gasteiger partial charge in [-0.2, -0.15) is 4.31 Å². The fourth-order valence-electron chi connectivity index (χ4n) is 4.46. The van der Waals surface area contributed by atoms with Crippen molar-refractivity contribution in [3.8, 4) is 0 Å². The first-order valence-corrected chi connectivity index (χ1v) is 12.8. The molecule has 0 amide bonds. The van der Waals surface area contributed by atoms with Crippen molar-refractivity contribution < 1.29 is 17.6 Å². The molecule has 0 saturated carbocycles. The van der Waals surface area contributed by atoms with Gasteiger partial charge in [0, 0.05) is 36.6 Å². The second kappa shape index (κ2) is 9.20. The quantitative estimate of drug-likeness (QED) is 0.278. The van der Waals surface area contributed by atoms with E-state index in [-0.39, 0.29) is 10.7 Å². The molecule has 3 heterocycles. The lowest BCUT2D eigenvalue weighted by molar-refractivity contribution is 0.103. The Morgan fingerprint density at radius 2 is 1.66 bits per heavy atom. The van der Waals surface area contributed by atoms with Crippen LogP contribution in [0.15, 0.2) is 82.8 Å². The summed E-state index contributed by atoms with van der Waals surface area (Å²) in [7, 11) is -3.48. The number of rotatable bonds is 6. The van der Waals surface area contributed by atoms with Crippen LogP contribution < -0.4 is 0 Å². The monoisotopic (exact) mass is 489 g/mol. The van der Waals surface area contributed by atoms with E-state index in [1.54, 1.807) is 30.5 Å². The lowest BCUT2D eigenvalue weighted by Crippen LogP contribution is -2.27. The van der Waals surface area contributed by atoms with Gasteiger partial charge < -0.3 is 4.40 Å². The Kier molecular flexibility index (Phi) is 6.08. The van der Waals surface area contributed by atoms with Gasteiger partial charge in [-0.1, -0.05) is 6.07 Å². The van der Waals surface area contributed by atoms with Crippen molar-refractivity contribution in [1.29, 1.82) is 0 Å². The van der Waals surface area contributed by atoms with Gasteiger partial charge in [0.05, 0.1) is 21.8 Å². The second-order valence-corrected chi connectivity index (χ2v) is 10.5. The number of aliphatic imine (C=N–C) groups is 1. The molecule has 2 aromatic carbocycles. The first-order chi connectivity index (χ1) is 16.9. The minimum atomic E-state index is -3.48. The number of aromatic nitrogens is 1. The Hall–Kier alpha value is -3.62. The number of hydrogen-bond donors (Lipinski definition) is 0. The number of benzene rings is 2. The number of sulfonamides is 1. The summed E-state index contributed by atoms with van der Waals surface area (Å²) in [5.41, 5.74) is 3.84. The Morgan fingerprint density at radius 3 is 2.34 bits per heavy atom. The van der Waals surface area contributed by atoms with Crippen molar-refractivity contribution in [2.75, 3.05) is 13.1 Å². The Bertz CT molecular complexity index is 1530. The maximum atomic E-state index is 13.3. The van der Waals surface area contributed by atoms with E-state index < -0.39 is 15.8 Å². The first-order valence-electron chi connectivity index (χ1n) is 11.4. The molecule has 6 nitrogen and oxygen atoms in total. The third-order valence-corrected chi connectivity index (χ3v) is 8.25. The maximum absolute atomic E-state index is 13.3. The molecule has 1 aliphatic heterocycles. The lowest BCUT2D eigenvalue weighted by atomic mass is 10.0. The highest BCUT2D eigenvalue weighted by Crippen LogP contribution is 2.26. The zero-order valence-corrected chi connectivity index (χ0v) is 20.0. The van der Waals surface area contributed by atoms with Gasteiger partial charge in [-0.15, -0.1) is 0 Å². The van der Waals surface area contributed by atoms with Crippen molar-refractivity contribution in [2.24, 2.45) is 4.99 Å². The van der Waals surface area contributed by atoms with Crippen LogP contribution in [0.5, 0.6) is 0 Å². The Morgan fingerprint density at radius 1 is 0.971 bits per heavy atom. The lowest BCUT2D eigenvalue weighted by Gasteiger charge is -2.15. The number of halogens is 1. The van der Waals surface area contributed by atoms with Crippen LogP contribution in [0.25, 0.3) is 5.52 Å². The topological polar surface area (TPSA) is 71.2 Å². The maximum Gasteiger partial charge on any atom is 0.243 e. The van der Waals surface area contributed by atoms with E-state index >= 15 is 0 Å². The summed E-state index contributed by atoms with van der Waals surface area (Å²) in [6, 6.07) is 17.6. The number of nitrogens with zero attached hydrogens (tertiary/aromatic N) is 3. The average Bonchev–Trinajstić information content (AvgIpc) is 3.50. The van der Waals surface area contributed by atoms with Gasteiger partial charge in [0.15, 0.2) is 0 Å². The molecule has 0 bridgehead atoms. The molecule has 1 saturated heterocycles. The SMILES string of the molecule is Cc1c(C=Nc2ccc(S(=O)(=O)N3CCCC3)cc2)c2ccccn2c1C(=O)c1ccc(F)cc1. The molecule has 0 unspecified atom stereocenters. The van der Waals surface area contributed by atoms with Crippen LogP contribution in [-0.2, 0) is 10.0 Å². The molecule has 2 aromatic heterocycles. The summed E-state index contributed by atoms with van der Waals surface area (Å²) in [6.45, 7) is 2.97. The number of carbonyl (C=O) groups is 1. The Labute approximate surface area is 203 Å². The van der Waals surface area contributed by atoms with Gasteiger partial charge in [-0.25, -0.2) is 12.8 Å². The number of fused-ring (bicyclic) bond motifs is 1. The van der Waals surface area contributed by atoms with Crippen LogP contribution >= 0.6 is 0 Å². The zero-order valence-electron chi connectivity index (χ0n) is 19.2. The minimum absolute atomic E-state index is 0.208. The molecule has 8 heteroatoms. The summed E-state index contributed by atoms with van der Waals surface area (Å²) in [5, 5.41) is 0. The van der Waals surface area contributed by atoms with E-state index in [0.29, 0.717) is 30.0 Å². The molecule has 1 aliphatic rings. The third-order valence-electron chi connectivity index (χ3n) is 6.34. The number of carbonyl (C=O) groups excluding carboxylic acids is 1. The average molecular weight is 490 g/mol. The van der Waals surface area contributed by atoms with E-state index in [9.17, 15) is 17.6 Å². The highest BCUT2D eigenvalue weighted by atomic mass is 32.2. The molecule has 0 spiro atoms. The van der Waals surface area contributed by atoms with Crippen molar-refractivity contribution in [3.63, 3.8) is 0 Å². The van der Waals surface area contributed by atoms with Crippen LogP contribution in [0.4, 0.5) is 10.1 Å². The minimum Gasteiger partial charge on any atom is -0.313 e. The smallest absolute Gasteiger partial charge is 0.243 e. The van der Waals surface area contributed by atoms with Crippen LogP contribution in [0.2, 0.25) is 0 Å². The molecule has 0 N–H and O–H groups in total. The molecule has 0 atom stereocenters. The molecule has 178 valence electrons. The van der Waals surface area contributed by atoms with Gasteiger partial charge in [-0.3, -0.25) is 9.79 Å². The van der Waals surface area contributed by atoms with Crippen LogP contribution in [0.3, 0.4) is 0 Å². The fourth-order valence-corrected chi connectivity index (χ4v) is 5.98. The summed E-state index contributed by atoms with van der Waals surface area (Å²) < 4.78 is 42.2. The molecule has 1 fully saturated rings. The highest BCUT2D eigenvalue weighted by Gasteiger charge is 2.27. The molecular formula is C27H24FN3O3S. The van der Waals surface area contributed by atoms with Gasteiger partial charge >= 0.3 is 0 Å². The van der Waals surface area contributed by atoms with Gasteiger partial charge in [0.25, 0.3) is 0 Å². The first kappa shape index (κ1) is 23.1. The number of ketones is 1. The van der Waals surface area contributed by atoms with E-state index in [1.807, 2.05) is 35.7 Å². The Balaban J connectivity index is 1.48. The molecule has 5 rings (SSSR count). The summed E-state index contributed by atoms with van der Waals surface area (Å²) >= 11 is 0. The van der Waals surface area contributed by atoms with Crippen molar-refractivity contribution in [2.45, 2.75) is 24.7 Å². The van der Waals surface area contributed by atoms with Gasteiger partial charge in [0.1, 0.15) is 5.82 Å². The molecule has 0 radical (unpaired) electrons. The predicted octanol–water partition coefficient (Wildman–Crippen LogP) is 5.15. The highest BCUT2D eigenvalue weighted by molar-refractivity contribution is 7.89.